The van der Waals surface area contributed by atoms with Crippen LogP contribution in [0, 0.1) is 6.92 Å². The molecule has 0 spiro atoms. The molecule has 0 fully saturated rings. The molecule has 0 atom stereocenters. The first kappa shape index (κ1) is 14.5. The zero-order valence-corrected chi connectivity index (χ0v) is 12.2. The molecular formula is C14H13Cl2N3O. The van der Waals surface area contributed by atoms with Gasteiger partial charge in [-0.1, -0.05) is 23.2 Å². The maximum Gasteiger partial charge on any atom is 0.323 e. The van der Waals surface area contributed by atoms with Gasteiger partial charge in [-0.15, -0.1) is 0 Å². The van der Waals surface area contributed by atoms with Gasteiger partial charge in [-0.2, -0.15) is 0 Å². The first-order valence-electron chi connectivity index (χ1n) is 5.85. The second kappa shape index (κ2) is 6.03. The largest absolute Gasteiger partial charge is 0.399 e. The standard InChI is InChI=1S/C14H13Cl2N3O/c1-8-6-9(17)2-5-13(8)19-14(20)18-10-3-4-11(15)12(16)7-10/h2-7H,17H2,1H3,(H2,18,19,20). The molecular weight excluding hydrogens is 297 g/mol. The highest BCUT2D eigenvalue weighted by atomic mass is 35.5. The Bertz CT molecular complexity index is 659. The highest BCUT2D eigenvalue weighted by molar-refractivity contribution is 6.42. The topological polar surface area (TPSA) is 67.1 Å². The number of anilines is 3. The van der Waals surface area contributed by atoms with E-state index in [1.807, 2.05) is 6.92 Å². The average molecular weight is 310 g/mol. The summed E-state index contributed by atoms with van der Waals surface area (Å²) in [5, 5.41) is 6.23. The number of carbonyl (C=O) groups is 1. The third kappa shape index (κ3) is 3.56. The summed E-state index contributed by atoms with van der Waals surface area (Å²) in [6.07, 6.45) is 0. The number of carbonyl (C=O) groups excluding carboxylic acids is 1. The molecule has 0 bridgehead atoms. The maximum atomic E-state index is 11.9. The Labute approximate surface area is 126 Å². The van der Waals surface area contributed by atoms with Gasteiger partial charge in [0, 0.05) is 17.1 Å². The summed E-state index contributed by atoms with van der Waals surface area (Å²) in [7, 11) is 0. The lowest BCUT2D eigenvalue weighted by atomic mass is 10.2. The van der Waals surface area contributed by atoms with Crippen molar-refractivity contribution in [1.82, 2.24) is 0 Å². The lowest BCUT2D eigenvalue weighted by molar-refractivity contribution is 0.262. The molecule has 0 aliphatic carbocycles. The fourth-order valence-corrected chi connectivity index (χ4v) is 1.98. The first-order valence-corrected chi connectivity index (χ1v) is 6.60. The van der Waals surface area contributed by atoms with E-state index >= 15 is 0 Å². The number of halogens is 2. The molecule has 0 aliphatic rings. The third-order valence-corrected chi connectivity index (χ3v) is 3.42. The van der Waals surface area contributed by atoms with E-state index in [-0.39, 0.29) is 6.03 Å². The van der Waals surface area contributed by atoms with Crippen LogP contribution < -0.4 is 16.4 Å². The Balaban J connectivity index is 2.07. The minimum atomic E-state index is -0.365. The molecule has 0 unspecified atom stereocenters. The van der Waals surface area contributed by atoms with Gasteiger partial charge in [0.25, 0.3) is 0 Å². The number of amides is 2. The highest BCUT2D eigenvalue weighted by Crippen LogP contribution is 2.25. The van der Waals surface area contributed by atoms with Gasteiger partial charge in [-0.3, -0.25) is 0 Å². The minimum absolute atomic E-state index is 0.365. The molecule has 4 nitrogen and oxygen atoms in total. The molecule has 0 heterocycles. The summed E-state index contributed by atoms with van der Waals surface area (Å²) in [4.78, 5) is 11.9. The number of rotatable bonds is 2. The van der Waals surface area contributed by atoms with E-state index in [0.717, 1.165) is 5.56 Å². The average Bonchev–Trinajstić information content (AvgIpc) is 2.37. The lowest BCUT2D eigenvalue weighted by Gasteiger charge is -2.10. The Morgan fingerprint density at radius 2 is 1.80 bits per heavy atom. The number of nitrogens with two attached hydrogens (primary N) is 1. The zero-order chi connectivity index (χ0) is 14.7. The minimum Gasteiger partial charge on any atom is -0.399 e. The van der Waals surface area contributed by atoms with E-state index in [4.69, 9.17) is 28.9 Å². The van der Waals surface area contributed by atoms with Gasteiger partial charge in [0.05, 0.1) is 10.0 Å². The Morgan fingerprint density at radius 1 is 1.05 bits per heavy atom. The van der Waals surface area contributed by atoms with Crippen LogP contribution in [0.2, 0.25) is 10.0 Å². The Morgan fingerprint density at radius 3 is 2.45 bits per heavy atom. The lowest BCUT2D eigenvalue weighted by Crippen LogP contribution is -2.20. The van der Waals surface area contributed by atoms with Crippen molar-refractivity contribution in [2.75, 3.05) is 16.4 Å². The number of hydrogen-bond acceptors (Lipinski definition) is 2. The van der Waals surface area contributed by atoms with Gasteiger partial charge in [0.15, 0.2) is 0 Å². The molecule has 4 N–H and O–H groups in total. The van der Waals surface area contributed by atoms with Gasteiger partial charge >= 0.3 is 6.03 Å². The summed E-state index contributed by atoms with van der Waals surface area (Å²) in [6, 6.07) is 9.77. The number of nitrogen functional groups attached to an aromatic ring is 1. The summed E-state index contributed by atoms with van der Waals surface area (Å²) < 4.78 is 0. The molecule has 6 heteroatoms. The van der Waals surface area contributed by atoms with Crippen LogP contribution in [0.3, 0.4) is 0 Å². The molecule has 20 heavy (non-hydrogen) atoms. The van der Waals surface area contributed by atoms with Gasteiger partial charge in [0.1, 0.15) is 0 Å². The molecule has 0 saturated carbocycles. The molecule has 104 valence electrons. The Hall–Kier alpha value is -1.91. The number of nitrogens with one attached hydrogen (secondary N) is 2. The number of benzene rings is 2. The van der Waals surface area contributed by atoms with Crippen LogP contribution in [0.5, 0.6) is 0 Å². The Kier molecular flexibility index (Phi) is 4.37. The van der Waals surface area contributed by atoms with E-state index in [0.29, 0.717) is 27.1 Å². The molecule has 2 amide bonds. The van der Waals surface area contributed by atoms with Crippen LogP contribution in [0.4, 0.5) is 21.9 Å². The predicted molar refractivity (Wildman–Crippen MR) is 84.7 cm³/mol. The first-order chi connectivity index (χ1) is 9.45. The fraction of sp³-hybridized carbons (Fsp3) is 0.0714. The summed E-state index contributed by atoms with van der Waals surface area (Å²) in [6.45, 7) is 1.87. The van der Waals surface area contributed by atoms with Crippen molar-refractivity contribution < 1.29 is 4.79 Å². The van der Waals surface area contributed by atoms with Crippen molar-refractivity contribution in [2.24, 2.45) is 0 Å². The number of urea groups is 1. The van der Waals surface area contributed by atoms with Crippen LogP contribution in [0.25, 0.3) is 0 Å². The van der Waals surface area contributed by atoms with E-state index in [2.05, 4.69) is 10.6 Å². The van der Waals surface area contributed by atoms with Crippen LogP contribution in [0.1, 0.15) is 5.56 Å². The van der Waals surface area contributed by atoms with Crippen molar-refractivity contribution >= 4 is 46.3 Å². The van der Waals surface area contributed by atoms with Crippen LogP contribution >= 0.6 is 23.2 Å². The van der Waals surface area contributed by atoms with E-state index < -0.39 is 0 Å². The normalized spacial score (nSPS) is 10.2. The predicted octanol–water partition coefficient (Wildman–Crippen LogP) is 4.53. The van der Waals surface area contributed by atoms with Crippen molar-refractivity contribution in [1.29, 1.82) is 0 Å². The van der Waals surface area contributed by atoms with Crippen molar-refractivity contribution in [3.05, 3.63) is 52.0 Å². The summed E-state index contributed by atoms with van der Waals surface area (Å²) in [5.74, 6) is 0. The van der Waals surface area contributed by atoms with Crippen molar-refractivity contribution in [3.63, 3.8) is 0 Å². The van der Waals surface area contributed by atoms with Gasteiger partial charge in [0.2, 0.25) is 0 Å². The van der Waals surface area contributed by atoms with Crippen molar-refractivity contribution in [2.45, 2.75) is 6.92 Å². The molecule has 2 aromatic carbocycles. The molecule has 2 rings (SSSR count). The monoisotopic (exact) mass is 309 g/mol. The quantitative estimate of drug-likeness (QED) is 0.713. The molecule has 0 aromatic heterocycles. The summed E-state index contributed by atoms with van der Waals surface area (Å²) >= 11 is 11.7. The maximum absolute atomic E-state index is 11.9. The molecule has 0 aliphatic heterocycles. The highest BCUT2D eigenvalue weighted by Gasteiger charge is 2.06. The van der Waals surface area contributed by atoms with Crippen LogP contribution in [0.15, 0.2) is 36.4 Å². The molecule has 2 aromatic rings. The third-order valence-electron chi connectivity index (χ3n) is 2.68. The second-order valence-electron chi connectivity index (χ2n) is 4.28. The molecule has 0 saturated heterocycles. The SMILES string of the molecule is Cc1cc(N)ccc1NC(=O)Nc1ccc(Cl)c(Cl)c1. The van der Waals surface area contributed by atoms with Crippen molar-refractivity contribution in [3.8, 4) is 0 Å². The van der Waals surface area contributed by atoms with Gasteiger partial charge in [-0.25, -0.2) is 4.79 Å². The van der Waals surface area contributed by atoms with Gasteiger partial charge < -0.3 is 16.4 Å². The van der Waals surface area contributed by atoms with Gasteiger partial charge in [-0.05, 0) is 48.9 Å². The van der Waals surface area contributed by atoms with E-state index in [9.17, 15) is 4.79 Å². The number of hydrogen-bond donors (Lipinski definition) is 3. The second-order valence-corrected chi connectivity index (χ2v) is 5.10. The van der Waals surface area contributed by atoms with Crippen LogP contribution in [-0.2, 0) is 0 Å². The fourth-order valence-electron chi connectivity index (χ4n) is 1.69. The smallest absolute Gasteiger partial charge is 0.323 e. The van der Waals surface area contributed by atoms with E-state index in [1.165, 1.54) is 0 Å². The summed E-state index contributed by atoms with van der Waals surface area (Å²) in [5.41, 5.74) is 8.44. The number of aryl methyl sites for hydroxylation is 1. The molecule has 0 radical (unpaired) electrons. The van der Waals surface area contributed by atoms with E-state index in [1.54, 1.807) is 36.4 Å². The zero-order valence-electron chi connectivity index (χ0n) is 10.7. The van der Waals surface area contributed by atoms with Crippen LogP contribution in [-0.4, -0.2) is 6.03 Å².